The molecule has 0 spiro atoms. The van der Waals surface area contributed by atoms with E-state index in [1.807, 2.05) is 18.2 Å². The Labute approximate surface area is 175 Å². The standard InChI is InChI=1S/C22H28N2O6/c1-22(21(27)24-11-5-8-17(24)20(25)26)13-16(23-30-22)14-9-10-18(28-2)19(12-14)29-15-6-3-4-7-15/h9-10,12,15,17H,3-8,11,13H2,1-2H3,(H,25,26). The smallest absolute Gasteiger partial charge is 0.326 e. The molecule has 1 saturated carbocycles. The first-order chi connectivity index (χ1) is 14.4. The highest BCUT2D eigenvalue weighted by molar-refractivity contribution is 6.06. The molecule has 1 amide bonds. The maximum atomic E-state index is 13.1. The van der Waals surface area contributed by atoms with Crippen molar-refractivity contribution in [2.75, 3.05) is 13.7 Å². The number of rotatable bonds is 6. The van der Waals surface area contributed by atoms with Crippen molar-refractivity contribution in [1.29, 1.82) is 0 Å². The van der Waals surface area contributed by atoms with Crippen LogP contribution in [0.2, 0.25) is 0 Å². The van der Waals surface area contributed by atoms with Gasteiger partial charge in [0.25, 0.3) is 5.91 Å². The molecular formula is C22H28N2O6. The van der Waals surface area contributed by atoms with Crippen LogP contribution in [-0.2, 0) is 14.4 Å². The molecular weight excluding hydrogens is 388 g/mol. The second-order valence-electron chi connectivity index (χ2n) is 8.42. The van der Waals surface area contributed by atoms with Crippen molar-refractivity contribution in [2.24, 2.45) is 5.16 Å². The van der Waals surface area contributed by atoms with Gasteiger partial charge in [-0.15, -0.1) is 0 Å². The molecule has 0 bridgehead atoms. The number of amides is 1. The molecule has 8 nitrogen and oxygen atoms in total. The van der Waals surface area contributed by atoms with Gasteiger partial charge in [-0.1, -0.05) is 5.16 Å². The molecule has 0 aromatic heterocycles. The summed E-state index contributed by atoms with van der Waals surface area (Å²) < 4.78 is 11.6. The number of methoxy groups -OCH3 is 1. The fraction of sp³-hybridized carbons (Fsp3) is 0.591. The van der Waals surface area contributed by atoms with Crippen LogP contribution >= 0.6 is 0 Å². The molecule has 1 aromatic carbocycles. The highest BCUT2D eigenvalue weighted by Gasteiger charge is 2.48. The monoisotopic (exact) mass is 416 g/mol. The third-order valence-electron chi connectivity index (χ3n) is 6.21. The van der Waals surface area contributed by atoms with E-state index in [1.54, 1.807) is 14.0 Å². The van der Waals surface area contributed by atoms with E-state index in [9.17, 15) is 14.7 Å². The normalized spacial score (nSPS) is 26.4. The molecule has 2 heterocycles. The molecule has 30 heavy (non-hydrogen) atoms. The molecule has 4 rings (SSSR count). The summed E-state index contributed by atoms with van der Waals surface area (Å²) in [6.45, 7) is 2.09. The van der Waals surface area contributed by atoms with E-state index in [0.717, 1.165) is 18.4 Å². The van der Waals surface area contributed by atoms with Gasteiger partial charge in [0.05, 0.1) is 18.9 Å². The van der Waals surface area contributed by atoms with Gasteiger partial charge in [0.2, 0.25) is 5.60 Å². The molecule has 8 heteroatoms. The van der Waals surface area contributed by atoms with Gasteiger partial charge in [0, 0.05) is 18.5 Å². The highest BCUT2D eigenvalue weighted by atomic mass is 16.7. The molecule has 1 saturated heterocycles. The summed E-state index contributed by atoms with van der Waals surface area (Å²) in [4.78, 5) is 31.5. The van der Waals surface area contributed by atoms with Gasteiger partial charge in [0.15, 0.2) is 11.5 Å². The average molecular weight is 416 g/mol. The average Bonchev–Trinajstić information content (AvgIpc) is 3.48. The molecule has 2 unspecified atom stereocenters. The van der Waals surface area contributed by atoms with Crippen molar-refractivity contribution in [3.05, 3.63) is 23.8 Å². The topological polar surface area (TPSA) is 97.7 Å². The number of carbonyl (C=O) groups excluding carboxylic acids is 1. The van der Waals surface area contributed by atoms with Crippen LogP contribution in [0.3, 0.4) is 0 Å². The van der Waals surface area contributed by atoms with Crippen LogP contribution in [0.4, 0.5) is 0 Å². The van der Waals surface area contributed by atoms with Gasteiger partial charge in [-0.25, -0.2) is 4.79 Å². The Bertz CT molecular complexity index is 863. The minimum Gasteiger partial charge on any atom is -0.493 e. The van der Waals surface area contributed by atoms with Crippen molar-refractivity contribution in [3.63, 3.8) is 0 Å². The summed E-state index contributed by atoms with van der Waals surface area (Å²) in [6, 6.07) is 4.79. The Morgan fingerprint density at radius 2 is 1.97 bits per heavy atom. The van der Waals surface area contributed by atoms with Crippen LogP contribution in [0, 0.1) is 0 Å². The summed E-state index contributed by atoms with van der Waals surface area (Å²) in [6.07, 6.45) is 5.99. The molecule has 162 valence electrons. The van der Waals surface area contributed by atoms with Gasteiger partial charge >= 0.3 is 5.97 Å². The SMILES string of the molecule is COc1ccc(C2=NOC(C)(C(=O)N3CCCC3C(=O)O)C2)cc1OC1CCCC1. The maximum absolute atomic E-state index is 13.1. The fourth-order valence-corrected chi connectivity index (χ4v) is 4.51. The number of oxime groups is 1. The Morgan fingerprint density at radius 3 is 2.67 bits per heavy atom. The summed E-state index contributed by atoms with van der Waals surface area (Å²) in [7, 11) is 1.61. The van der Waals surface area contributed by atoms with Crippen molar-refractivity contribution in [1.82, 2.24) is 4.90 Å². The molecule has 3 aliphatic rings. The largest absolute Gasteiger partial charge is 0.493 e. The second-order valence-corrected chi connectivity index (χ2v) is 8.42. The van der Waals surface area contributed by atoms with Gasteiger partial charge < -0.3 is 24.3 Å². The van der Waals surface area contributed by atoms with Crippen LogP contribution < -0.4 is 9.47 Å². The molecule has 1 N–H and O–H groups in total. The zero-order chi connectivity index (χ0) is 21.3. The summed E-state index contributed by atoms with van der Waals surface area (Å²) in [5, 5.41) is 13.6. The first-order valence-electron chi connectivity index (χ1n) is 10.6. The first-order valence-corrected chi connectivity index (χ1v) is 10.6. The van der Waals surface area contributed by atoms with E-state index in [1.165, 1.54) is 17.7 Å². The highest BCUT2D eigenvalue weighted by Crippen LogP contribution is 2.36. The molecule has 2 atom stereocenters. The van der Waals surface area contributed by atoms with Crippen molar-refractivity contribution < 1.29 is 29.0 Å². The summed E-state index contributed by atoms with van der Waals surface area (Å²) in [5.41, 5.74) is 0.229. The van der Waals surface area contributed by atoms with Crippen LogP contribution in [0.1, 0.15) is 57.4 Å². The lowest BCUT2D eigenvalue weighted by Gasteiger charge is -2.29. The number of hydrogen-bond acceptors (Lipinski definition) is 6. The third-order valence-corrected chi connectivity index (χ3v) is 6.21. The van der Waals surface area contributed by atoms with E-state index in [-0.39, 0.29) is 18.4 Å². The van der Waals surface area contributed by atoms with Gasteiger partial charge in [-0.3, -0.25) is 4.79 Å². The third kappa shape index (κ3) is 3.82. The summed E-state index contributed by atoms with van der Waals surface area (Å²) in [5.74, 6) is 0.00919. The Hall–Kier alpha value is -2.77. The molecule has 1 aliphatic carbocycles. The molecule has 1 aromatic rings. The number of benzene rings is 1. The first kappa shape index (κ1) is 20.5. The molecule has 2 fully saturated rings. The second kappa shape index (κ2) is 8.16. The molecule has 0 radical (unpaired) electrons. The number of nitrogens with zero attached hydrogens (tertiary/aromatic N) is 2. The Morgan fingerprint density at radius 1 is 1.20 bits per heavy atom. The van der Waals surface area contributed by atoms with Gasteiger partial charge in [-0.05, 0) is 63.6 Å². The maximum Gasteiger partial charge on any atom is 0.326 e. The van der Waals surface area contributed by atoms with E-state index in [0.29, 0.717) is 36.6 Å². The van der Waals surface area contributed by atoms with Crippen LogP contribution in [-0.4, -0.2) is 59.0 Å². The minimum atomic E-state index is -1.21. The van der Waals surface area contributed by atoms with E-state index in [2.05, 4.69) is 5.16 Å². The predicted octanol–water partition coefficient (Wildman–Crippen LogP) is 2.98. The molecule has 2 aliphatic heterocycles. The summed E-state index contributed by atoms with van der Waals surface area (Å²) >= 11 is 0. The lowest BCUT2D eigenvalue weighted by Crippen LogP contribution is -2.51. The lowest BCUT2D eigenvalue weighted by atomic mass is 9.94. The van der Waals surface area contributed by atoms with Crippen LogP contribution in [0.5, 0.6) is 11.5 Å². The number of likely N-dealkylation sites (tertiary alicyclic amines) is 1. The zero-order valence-corrected chi connectivity index (χ0v) is 17.4. The van der Waals surface area contributed by atoms with Gasteiger partial charge in [0.1, 0.15) is 6.04 Å². The van der Waals surface area contributed by atoms with Crippen molar-refractivity contribution in [2.45, 2.75) is 69.6 Å². The lowest BCUT2D eigenvalue weighted by molar-refractivity contribution is -0.160. The Kier molecular flexibility index (Phi) is 5.58. The van der Waals surface area contributed by atoms with Crippen molar-refractivity contribution >= 4 is 17.6 Å². The Balaban J connectivity index is 1.50. The van der Waals surface area contributed by atoms with E-state index >= 15 is 0 Å². The number of aliphatic carboxylic acids is 1. The minimum absolute atomic E-state index is 0.186. The number of ether oxygens (including phenoxy) is 2. The van der Waals surface area contributed by atoms with E-state index in [4.69, 9.17) is 14.3 Å². The van der Waals surface area contributed by atoms with Gasteiger partial charge in [-0.2, -0.15) is 0 Å². The number of carboxylic acid groups (broad SMARTS) is 1. The zero-order valence-electron chi connectivity index (χ0n) is 17.4. The quantitative estimate of drug-likeness (QED) is 0.766. The number of hydrogen-bond donors (Lipinski definition) is 1. The van der Waals surface area contributed by atoms with Crippen molar-refractivity contribution in [3.8, 4) is 11.5 Å². The van der Waals surface area contributed by atoms with Crippen LogP contribution in [0.15, 0.2) is 23.4 Å². The fourth-order valence-electron chi connectivity index (χ4n) is 4.51. The number of carboxylic acids is 1. The predicted molar refractivity (Wildman–Crippen MR) is 109 cm³/mol. The number of carbonyl (C=O) groups is 2. The van der Waals surface area contributed by atoms with Crippen LogP contribution in [0.25, 0.3) is 0 Å². The van der Waals surface area contributed by atoms with E-state index < -0.39 is 17.6 Å².